The molecule has 0 aromatic rings. The maximum absolute atomic E-state index is 13.1. The van der Waals surface area contributed by atoms with Crippen LogP contribution in [0.15, 0.2) is 0 Å². The fraction of sp³-hybridized carbons (Fsp3) is 0.949. The van der Waals surface area contributed by atoms with E-state index in [1.165, 1.54) is 199 Å². The molecule has 4 unspecified atom stereocenters. The van der Waals surface area contributed by atoms with Crippen molar-refractivity contribution in [1.82, 2.24) is 0 Å². The van der Waals surface area contributed by atoms with Crippen LogP contribution in [0, 0.1) is 23.7 Å². The molecule has 0 fully saturated rings. The molecule has 0 aromatic carbocycles. The number of unbranched alkanes of at least 4 members (excludes halogenated alkanes) is 41. The molecule has 0 rings (SSSR count). The highest BCUT2D eigenvalue weighted by molar-refractivity contribution is 7.47. The Hall–Kier alpha value is -1.94. The van der Waals surface area contributed by atoms with Gasteiger partial charge in [-0.15, -0.1) is 0 Å². The van der Waals surface area contributed by atoms with Crippen LogP contribution in [0.1, 0.15) is 402 Å². The summed E-state index contributed by atoms with van der Waals surface area (Å²) >= 11 is 0. The van der Waals surface area contributed by atoms with Gasteiger partial charge in [-0.2, -0.15) is 0 Å². The molecule has 0 amide bonds. The molecule has 17 nitrogen and oxygen atoms in total. The zero-order valence-electron chi connectivity index (χ0n) is 64.4. The van der Waals surface area contributed by atoms with Crippen molar-refractivity contribution in [3.63, 3.8) is 0 Å². The number of hydrogen-bond acceptors (Lipinski definition) is 15. The van der Waals surface area contributed by atoms with Gasteiger partial charge >= 0.3 is 39.5 Å². The Morgan fingerprint density at radius 1 is 0.286 bits per heavy atom. The number of rotatable bonds is 76. The highest BCUT2D eigenvalue weighted by atomic mass is 31.2. The van der Waals surface area contributed by atoms with E-state index >= 15 is 0 Å². The standard InChI is InChI=1S/C79H154O17P2/c1-9-72(8)58-50-42-34-25-21-17-14-15-18-22-26-35-43-51-59-76(81)89-65-74(95-78(83)61-53-45-36-27-23-19-13-11-10-12-16-20-24-31-39-47-55-69(2)3)67-93-97(85,86)91-63-73(80)64-92-98(87,88)94-68-75(66-90-77(82)60-52-44-38-30-33-41-49-57-71(6)7)96-79(84)62-54-46-37-29-28-32-40-48-56-70(4)5/h69-75,80H,9-68H2,1-8H3,(H,85,86)(H,87,88)/t72?,73?,74-,75-/m1/s1. The van der Waals surface area contributed by atoms with E-state index in [0.29, 0.717) is 31.6 Å². The first-order valence-electron chi connectivity index (χ1n) is 40.7. The molecular weight excluding hydrogens is 1280 g/mol. The maximum atomic E-state index is 13.1. The van der Waals surface area contributed by atoms with E-state index in [9.17, 15) is 43.2 Å². The fourth-order valence-corrected chi connectivity index (χ4v) is 13.6. The Balaban J connectivity index is 5.23. The number of carbonyl (C=O) groups is 4. The molecule has 0 aliphatic rings. The van der Waals surface area contributed by atoms with Crippen molar-refractivity contribution in [2.45, 2.75) is 420 Å². The summed E-state index contributed by atoms with van der Waals surface area (Å²) in [6.07, 6.45) is 54.3. The second kappa shape index (κ2) is 68.2. The lowest BCUT2D eigenvalue weighted by atomic mass is 9.99. The smallest absolute Gasteiger partial charge is 0.462 e. The molecule has 98 heavy (non-hydrogen) atoms. The van der Waals surface area contributed by atoms with Crippen LogP contribution in [0.3, 0.4) is 0 Å². The molecule has 582 valence electrons. The molecule has 0 spiro atoms. The zero-order chi connectivity index (χ0) is 72.4. The maximum Gasteiger partial charge on any atom is 0.472 e. The number of aliphatic hydroxyl groups is 1. The molecule has 0 saturated carbocycles. The van der Waals surface area contributed by atoms with Gasteiger partial charge in [-0.05, 0) is 49.4 Å². The number of phosphoric ester groups is 2. The SMILES string of the molecule is CCC(C)CCCCCCCCCCCCCCCCC(=O)OC[C@H](COP(=O)(O)OCC(O)COP(=O)(O)OC[C@@H](COC(=O)CCCCCCCCCC(C)C)OC(=O)CCCCCCCCCCC(C)C)OC(=O)CCCCCCCCCCCCCCCCCCC(C)C. The second-order valence-electron chi connectivity index (χ2n) is 30.1. The van der Waals surface area contributed by atoms with Gasteiger partial charge in [-0.3, -0.25) is 37.3 Å². The Morgan fingerprint density at radius 3 is 0.724 bits per heavy atom. The Morgan fingerprint density at radius 2 is 0.490 bits per heavy atom. The first-order chi connectivity index (χ1) is 47.1. The van der Waals surface area contributed by atoms with Crippen molar-refractivity contribution >= 4 is 39.5 Å². The monoisotopic (exact) mass is 1440 g/mol. The molecule has 0 saturated heterocycles. The van der Waals surface area contributed by atoms with Gasteiger partial charge in [0.15, 0.2) is 12.2 Å². The lowest BCUT2D eigenvalue weighted by Crippen LogP contribution is -2.30. The average molecular weight is 1440 g/mol. The van der Waals surface area contributed by atoms with Gasteiger partial charge in [0.2, 0.25) is 0 Å². The third-order valence-electron chi connectivity index (χ3n) is 18.7. The molecule has 0 aliphatic heterocycles. The largest absolute Gasteiger partial charge is 0.472 e. The van der Waals surface area contributed by atoms with E-state index < -0.39 is 97.5 Å². The summed E-state index contributed by atoms with van der Waals surface area (Å²) < 4.78 is 68.6. The van der Waals surface area contributed by atoms with Crippen LogP contribution in [0.2, 0.25) is 0 Å². The van der Waals surface area contributed by atoms with Crippen LogP contribution < -0.4 is 0 Å². The highest BCUT2D eigenvalue weighted by Crippen LogP contribution is 2.45. The third-order valence-corrected chi connectivity index (χ3v) is 20.6. The number of esters is 4. The number of phosphoric acid groups is 2. The summed E-state index contributed by atoms with van der Waals surface area (Å²) in [6, 6.07) is 0. The first-order valence-corrected chi connectivity index (χ1v) is 43.7. The Bertz CT molecular complexity index is 1920. The van der Waals surface area contributed by atoms with Crippen LogP contribution in [0.25, 0.3) is 0 Å². The van der Waals surface area contributed by atoms with Crippen LogP contribution in [-0.4, -0.2) is 96.7 Å². The summed E-state index contributed by atoms with van der Waals surface area (Å²) in [5, 5.41) is 10.6. The Kier molecular flexibility index (Phi) is 66.8. The minimum Gasteiger partial charge on any atom is -0.462 e. The average Bonchev–Trinajstić information content (AvgIpc) is 1.13. The topological polar surface area (TPSA) is 237 Å². The normalized spacial score (nSPS) is 14.3. The van der Waals surface area contributed by atoms with E-state index in [0.717, 1.165) is 114 Å². The molecule has 0 heterocycles. The van der Waals surface area contributed by atoms with Gasteiger partial charge in [0.1, 0.15) is 19.3 Å². The van der Waals surface area contributed by atoms with Crippen molar-refractivity contribution in [2.24, 2.45) is 23.7 Å². The minimum atomic E-state index is -4.96. The van der Waals surface area contributed by atoms with Crippen molar-refractivity contribution in [2.75, 3.05) is 39.6 Å². The molecule has 0 bridgehead atoms. The van der Waals surface area contributed by atoms with Gasteiger partial charge < -0.3 is 33.8 Å². The van der Waals surface area contributed by atoms with Crippen molar-refractivity contribution in [1.29, 1.82) is 0 Å². The molecule has 19 heteroatoms. The quantitative estimate of drug-likeness (QED) is 0.0222. The summed E-state index contributed by atoms with van der Waals surface area (Å²) in [4.78, 5) is 72.9. The van der Waals surface area contributed by atoms with E-state index in [1.54, 1.807) is 0 Å². The van der Waals surface area contributed by atoms with Crippen LogP contribution in [0.4, 0.5) is 0 Å². The number of aliphatic hydroxyl groups excluding tert-OH is 1. The molecule has 0 aliphatic carbocycles. The molecule has 0 aromatic heterocycles. The first kappa shape index (κ1) is 96.1. The van der Waals surface area contributed by atoms with Crippen LogP contribution >= 0.6 is 15.6 Å². The fourth-order valence-electron chi connectivity index (χ4n) is 12.0. The predicted octanol–water partition coefficient (Wildman–Crippen LogP) is 23.2. The summed E-state index contributed by atoms with van der Waals surface area (Å²) in [7, 11) is -9.92. The number of hydrogen-bond donors (Lipinski definition) is 3. The minimum absolute atomic E-state index is 0.103. The van der Waals surface area contributed by atoms with Crippen molar-refractivity contribution in [3.8, 4) is 0 Å². The van der Waals surface area contributed by atoms with Gasteiger partial charge in [0.05, 0.1) is 26.4 Å². The second-order valence-corrected chi connectivity index (χ2v) is 33.0. The van der Waals surface area contributed by atoms with Crippen molar-refractivity contribution in [3.05, 3.63) is 0 Å². The van der Waals surface area contributed by atoms with Crippen molar-refractivity contribution < 1.29 is 80.2 Å². The Labute approximate surface area is 600 Å². The third kappa shape index (κ3) is 71.1. The summed E-state index contributed by atoms with van der Waals surface area (Å²) in [5.74, 6) is 0.963. The van der Waals surface area contributed by atoms with Gasteiger partial charge in [-0.25, -0.2) is 9.13 Å². The summed E-state index contributed by atoms with van der Waals surface area (Å²) in [5.41, 5.74) is 0. The summed E-state index contributed by atoms with van der Waals surface area (Å²) in [6.45, 7) is 14.2. The number of ether oxygens (including phenoxy) is 4. The van der Waals surface area contributed by atoms with E-state index in [2.05, 4.69) is 55.4 Å². The van der Waals surface area contributed by atoms with Crippen LogP contribution in [-0.2, 0) is 65.4 Å². The lowest BCUT2D eigenvalue weighted by Gasteiger charge is -2.21. The lowest BCUT2D eigenvalue weighted by molar-refractivity contribution is -0.161. The van der Waals surface area contributed by atoms with Gasteiger partial charge in [0.25, 0.3) is 0 Å². The number of carbonyl (C=O) groups excluding carboxylic acids is 4. The molecule has 3 N–H and O–H groups in total. The van der Waals surface area contributed by atoms with E-state index in [-0.39, 0.29) is 25.7 Å². The molecule has 6 atom stereocenters. The van der Waals surface area contributed by atoms with Gasteiger partial charge in [-0.1, -0.05) is 351 Å². The highest BCUT2D eigenvalue weighted by Gasteiger charge is 2.30. The van der Waals surface area contributed by atoms with E-state index in [4.69, 9.17) is 37.0 Å². The zero-order valence-corrected chi connectivity index (χ0v) is 66.2. The van der Waals surface area contributed by atoms with E-state index in [1.807, 2.05) is 0 Å². The molecule has 0 radical (unpaired) electrons. The predicted molar refractivity (Wildman–Crippen MR) is 400 cm³/mol. The molecular formula is C79H154O17P2. The van der Waals surface area contributed by atoms with Crippen LogP contribution in [0.5, 0.6) is 0 Å². The van der Waals surface area contributed by atoms with Gasteiger partial charge in [0, 0.05) is 25.7 Å².